The predicted molar refractivity (Wildman–Crippen MR) is 41.4 cm³/mol. The third-order valence-corrected chi connectivity index (χ3v) is 1.56. The van der Waals surface area contributed by atoms with Gasteiger partial charge in [-0.1, -0.05) is 0 Å². The second-order valence-corrected chi connectivity index (χ2v) is 2.89. The minimum atomic E-state index is -1.41. The molecule has 0 heterocycles. The van der Waals surface area contributed by atoms with Gasteiger partial charge in [0.15, 0.2) is 0 Å². The SMILES string of the molecule is C[C@@H](O)C[C@H](O)[C@@H](O)[C@H](O)CO. The van der Waals surface area contributed by atoms with Gasteiger partial charge in [0.2, 0.25) is 0 Å². The first-order valence-electron chi connectivity index (χ1n) is 3.82. The second kappa shape index (κ2) is 5.45. The van der Waals surface area contributed by atoms with Crippen molar-refractivity contribution in [2.75, 3.05) is 6.61 Å². The Morgan fingerprint density at radius 1 is 1.00 bits per heavy atom. The van der Waals surface area contributed by atoms with E-state index in [1.165, 1.54) is 6.92 Å². The highest BCUT2D eigenvalue weighted by molar-refractivity contribution is 4.75. The molecule has 0 saturated heterocycles. The van der Waals surface area contributed by atoms with Crippen LogP contribution in [0.3, 0.4) is 0 Å². The molecule has 0 radical (unpaired) electrons. The van der Waals surface area contributed by atoms with Crippen LogP contribution in [0.15, 0.2) is 0 Å². The lowest BCUT2D eigenvalue weighted by Crippen LogP contribution is -2.40. The van der Waals surface area contributed by atoms with E-state index in [-0.39, 0.29) is 6.42 Å². The lowest BCUT2D eigenvalue weighted by molar-refractivity contribution is -0.0865. The zero-order chi connectivity index (χ0) is 9.72. The summed E-state index contributed by atoms with van der Waals surface area (Å²) < 4.78 is 0. The van der Waals surface area contributed by atoms with Gasteiger partial charge in [-0.15, -0.1) is 0 Å². The Labute approximate surface area is 70.9 Å². The lowest BCUT2D eigenvalue weighted by atomic mass is 10.0. The zero-order valence-corrected chi connectivity index (χ0v) is 6.96. The van der Waals surface area contributed by atoms with Gasteiger partial charge in [0, 0.05) is 6.42 Å². The van der Waals surface area contributed by atoms with Gasteiger partial charge in [0.1, 0.15) is 12.2 Å². The molecule has 0 spiro atoms. The van der Waals surface area contributed by atoms with Crippen LogP contribution in [-0.4, -0.2) is 56.6 Å². The summed E-state index contributed by atoms with van der Waals surface area (Å²) in [6, 6.07) is 0. The summed E-state index contributed by atoms with van der Waals surface area (Å²) in [5.74, 6) is 0. The minimum absolute atomic E-state index is 0.0295. The molecule has 74 valence electrons. The molecular formula is C7H16O5. The molecule has 0 aromatic carbocycles. The molecule has 0 aliphatic rings. The fraction of sp³-hybridized carbons (Fsp3) is 1.00. The van der Waals surface area contributed by atoms with Gasteiger partial charge in [-0.05, 0) is 6.92 Å². The van der Waals surface area contributed by atoms with E-state index < -0.39 is 31.0 Å². The molecule has 0 aromatic heterocycles. The van der Waals surface area contributed by atoms with Gasteiger partial charge in [-0.2, -0.15) is 0 Å². The molecule has 0 unspecified atom stereocenters. The Bertz CT molecular complexity index is 116. The maximum Gasteiger partial charge on any atom is 0.108 e. The number of aliphatic hydroxyl groups is 5. The molecule has 5 N–H and O–H groups in total. The normalized spacial score (nSPS) is 21.5. The van der Waals surface area contributed by atoms with Crippen LogP contribution in [0.4, 0.5) is 0 Å². The predicted octanol–water partition coefficient (Wildman–Crippen LogP) is -2.17. The van der Waals surface area contributed by atoms with Crippen molar-refractivity contribution < 1.29 is 25.5 Å². The topological polar surface area (TPSA) is 101 Å². The molecule has 0 fully saturated rings. The van der Waals surface area contributed by atoms with E-state index in [9.17, 15) is 0 Å². The van der Waals surface area contributed by atoms with Gasteiger partial charge in [0.25, 0.3) is 0 Å². The third kappa shape index (κ3) is 3.99. The summed E-state index contributed by atoms with van der Waals surface area (Å²) in [5, 5.41) is 44.3. The molecule has 0 bridgehead atoms. The average molecular weight is 180 g/mol. The molecule has 5 heteroatoms. The van der Waals surface area contributed by atoms with Crippen LogP contribution < -0.4 is 0 Å². The Kier molecular flexibility index (Phi) is 5.36. The van der Waals surface area contributed by atoms with E-state index in [4.69, 9.17) is 25.5 Å². The molecule has 0 aliphatic carbocycles. The fourth-order valence-corrected chi connectivity index (χ4v) is 0.853. The minimum Gasteiger partial charge on any atom is -0.394 e. The van der Waals surface area contributed by atoms with Crippen LogP contribution in [0.1, 0.15) is 13.3 Å². The van der Waals surface area contributed by atoms with E-state index in [0.717, 1.165) is 0 Å². The lowest BCUT2D eigenvalue weighted by Gasteiger charge is -2.22. The van der Waals surface area contributed by atoms with Crippen LogP contribution in [-0.2, 0) is 0 Å². The van der Waals surface area contributed by atoms with Gasteiger partial charge in [-0.3, -0.25) is 0 Å². The molecule has 0 rings (SSSR count). The molecular weight excluding hydrogens is 164 g/mol. The summed E-state index contributed by atoms with van der Waals surface area (Å²) in [6.07, 6.45) is -4.77. The van der Waals surface area contributed by atoms with E-state index >= 15 is 0 Å². The monoisotopic (exact) mass is 180 g/mol. The molecule has 4 atom stereocenters. The van der Waals surface area contributed by atoms with Crippen molar-refractivity contribution >= 4 is 0 Å². The maximum atomic E-state index is 9.11. The highest BCUT2D eigenvalue weighted by Crippen LogP contribution is 2.06. The first kappa shape index (κ1) is 11.8. The van der Waals surface area contributed by atoms with Crippen LogP contribution in [0.2, 0.25) is 0 Å². The Balaban J connectivity index is 3.83. The van der Waals surface area contributed by atoms with Crippen molar-refractivity contribution in [2.45, 2.75) is 37.8 Å². The summed E-state index contributed by atoms with van der Waals surface area (Å²) in [7, 11) is 0. The van der Waals surface area contributed by atoms with E-state index in [1.807, 2.05) is 0 Å². The van der Waals surface area contributed by atoms with Gasteiger partial charge in [-0.25, -0.2) is 0 Å². The molecule has 0 aromatic rings. The molecule has 5 nitrogen and oxygen atoms in total. The van der Waals surface area contributed by atoms with Gasteiger partial charge >= 0.3 is 0 Å². The fourth-order valence-electron chi connectivity index (χ4n) is 0.853. The maximum absolute atomic E-state index is 9.11. The van der Waals surface area contributed by atoms with Crippen molar-refractivity contribution in [3.63, 3.8) is 0 Å². The summed E-state index contributed by atoms with van der Waals surface area (Å²) in [5.41, 5.74) is 0. The van der Waals surface area contributed by atoms with Crippen molar-refractivity contribution in [2.24, 2.45) is 0 Å². The third-order valence-electron chi connectivity index (χ3n) is 1.56. The zero-order valence-electron chi connectivity index (χ0n) is 6.96. The van der Waals surface area contributed by atoms with Crippen molar-refractivity contribution in [3.05, 3.63) is 0 Å². The van der Waals surface area contributed by atoms with Crippen molar-refractivity contribution in [1.29, 1.82) is 0 Å². The van der Waals surface area contributed by atoms with Crippen molar-refractivity contribution in [3.8, 4) is 0 Å². The number of rotatable bonds is 5. The van der Waals surface area contributed by atoms with Gasteiger partial charge < -0.3 is 25.5 Å². The Hall–Kier alpha value is -0.200. The van der Waals surface area contributed by atoms with Gasteiger partial charge in [0.05, 0.1) is 18.8 Å². The standard InChI is InChI=1S/C7H16O5/c1-4(9)2-5(10)7(12)6(11)3-8/h4-12H,2-3H2,1H3/t4-,5+,6-,7-/m1/s1. The largest absolute Gasteiger partial charge is 0.394 e. The summed E-state index contributed by atoms with van der Waals surface area (Å²) in [6.45, 7) is 0.847. The second-order valence-electron chi connectivity index (χ2n) is 2.89. The number of aliphatic hydroxyl groups excluding tert-OH is 5. The quantitative estimate of drug-likeness (QED) is 0.331. The smallest absolute Gasteiger partial charge is 0.108 e. The molecule has 0 saturated carbocycles. The number of hydrogen-bond acceptors (Lipinski definition) is 5. The van der Waals surface area contributed by atoms with E-state index in [2.05, 4.69) is 0 Å². The van der Waals surface area contributed by atoms with E-state index in [1.54, 1.807) is 0 Å². The highest BCUT2D eigenvalue weighted by Gasteiger charge is 2.24. The van der Waals surface area contributed by atoms with Crippen LogP contribution in [0.25, 0.3) is 0 Å². The molecule has 0 aliphatic heterocycles. The van der Waals surface area contributed by atoms with E-state index in [0.29, 0.717) is 0 Å². The first-order chi connectivity index (χ1) is 5.49. The molecule has 0 amide bonds. The Morgan fingerprint density at radius 2 is 1.50 bits per heavy atom. The summed E-state index contributed by atoms with van der Waals surface area (Å²) >= 11 is 0. The highest BCUT2D eigenvalue weighted by atomic mass is 16.4. The number of hydrogen-bond donors (Lipinski definition) is 5. The van der Waals surface area contributed by atoms with Crippen LogP contribution in [0, 0.1) is 0 Å². The molecule has 12 heavy (non-hydrogen) atoms. The average Bonchev–Trinajstić information content (AvgIpc) is 2.00. The summed E-state index contributed by atoms with van der Waals surface area (Å²) in [4.78, 5) is 0. The van der Waals surface area contributed by atoms with Crippen molar-refractivity contribution in [1.82, 2.24) is 0 Å². The van der Waals surface area contributed by atoms with Crippen LogP contribution >= 0.6 is 0 Å². The Morgan fingerprint density at radius 3 is 1.83 bits per heavy atom. The van der Waals surface area contributed by atoms with Crippen LogP contribution in [0.5, 0.6) is 0 Å². The first-order valence-corrected chi connectivity index (χ1v) is 3.82.